The lowest BCUT2D eigenvalue weighted by Gasteiger charge is -2.30. The van der Waals surface area contributed by atoms with E-state index in [2.05, 4.69) is 0 Å². The maximum absolute atomic E-state index is 12.3. The fraction of sp³-hybridized carbons (Fsp3) is 0.0952. The van der Waals surface area contributed by atoms with Crippen LogP contribution in [-0.4, -0.2) is 13.1 Å². The molecule has 7 heteroatoms. The van der Waals surface area contributed by atoms with E-state index in [1.54, 1.807) is 18.2 Å². The summed E-state index contributed by atoms with van der Waals surface area (Å²) in [6.45, 7) is 0. The van der Waals surface area contributed by atoms with Gasteiger partial charge in [-0.25, -0.2) is 4.79 Å². The third-order valence-corrected chi connectivity index (χ3v) is 4.59. The molecule has 0 aliphatic carbocycles. The zero-order chi connectivity index (χ0) is 18.3. The van der Waals surface area contributed by atoms with Crippen molar-refractivity contribution in [1.82, 2.24) is 0 Å². The van der Waals surface area contributed by atoms with Crippen LogP contribution in [0.5, 0.6) is 11.5 Å². The molecule has 3 aromatic rings. The Morgan fingerprint density at radius 3 is 1.93 bits per heavy atom. The smallest absolute Gasteiger partial charge is 0.338 e. The molecule has 0 spiro atoms. The van der Waals surface area contributed by atoms with Crippen LogP contribution in [0.4, 0.5) is 11.4 Å². The summed E-state index contributed by atoms with van der Waals surface area (Å²) in [4.78, 5) is 12.3. The third kappa shape index (κ3) is 3.59. The van der Waals surface area contributed by atoms with Gasteiger partial charge in [0.2, 0.25) is 0 Å². The normalized spacial score (nSPS) is 11.8. The third-order valence-electron chi connectivity index (χ3n) is 4.59. The van der Waals surface area contributed by atoms with Crippen LogP contribution in [0.2, 0.25) is 0 Å². The summed E-state index contributed by atoms with van der Waals surface area (Å²) in [5.74, 6) is 0.756. The van der Waals surface area contributed by atoms with Crippen molar-refractivity contribution in [3.05, 3.63) is 82.9 Å². The quantitative estimate of drug-likeness (QED) is 0.361. The van der Waals surface area contributed by atoms with Crippen LogP contribution < -0.4 is 16.2 Å². The van der Waals surface area contributed by atoms with E-state index < -0.39 is 0 Å². The molecule has 1 aliphatic rings. The van der Waals surface area contributed by atoms with E-state index >= 15 is 0 Å². The van der Waals surface area contributed by atoms with Crippen molar-refractivity contribution in [2.45, 2.75) is 5.92 Å². The number of fused-ring (bicyclic) bond motifs is 2. The summed E-state index contributed by atoms with van der Waals surface area (Å²) < 4.78 is 11.0. The molecule has 0 fully saturated rings. The predicted octanol–water partition coefficient (Wildman–Crippen LogP) is 4.77. The Kier molecular flexibility index (Phi) is 6.44. The number of hydrogen-bond donors (Lipinski definition) is 2. The minimum absolute atomic E-state index is 0. The highest BCUT2D eigenvalue weighted by molar-refractivity contribution is 5.92. The second-order valence-corrected chi connectivity index (χ2v) is 6.21. The van der Waals surface area contributed by atoms with Crippen LogP contribution in [0.3, 0.4) is 0 Å². The molecular formula is C21H20Cl2N2O3. The molecule has 1 aliphatic heterocycles. The number of ether oxygens (including phenoxy) is 2. The molecule has 0 radical (unpaired) electrons. The first-order valence-corrected chi connectivity index (χ1v) is 8.22. The van der Waals surface area contributed by atoms with E-state index in [1.165, 1.54) is 7.11 Å². The highest BCUT2D eigenvalue weighted by atomic mass is 35.5. The van der Waals surface area contributed by atoms with Gasteiger partial charge in [-0.2, -0.15) is 0 Å². The topological polar surface area (TPSA) is 87.6 Å². The minimum atomic E-state index is -0.374. The Labute approximate surface area is 175 Å². The number of carbonyl (C=O) groups is 1. The van der Waals surface area contributed by atoms with Crippen molar-refractivity contribution >= 4 is 42.2 Å². The largest absolute Gasteiger partial charge is 0.465 e. The Morgan fingerprint density at radius 2 is 1.39 bits per heavy atom. The van der Waals surface area contributed by atoms with Gasteiger partial charge in [-0.15, -0.1) is 24.8 Å². The number of anilines is 2. The van der Waals surface area contributed by atoms with Gasteiger partial charge in [0.1, 0.15) is 11.5 Å². The summed E-state index contributed by atoms with van der Waals surface area (Å²) >= 11 is 0. The fourth-order valence-corrected chi connectivity index (χ4v) is 3.42. The molecule has 0 amide bonds. The number of nitrogen functional groups attached to an aromatic ring is 2. The SMILES string of the molecule is COC(=O)c1ccccc1C1c2ccc(N)cc2Oc2cc(N)ccc21.Cl.Cl. The predicted molar refractivity (Wildman–Crippen MR) is 115 cm³/mol. The zero-order valence-corrected chi connectivity index (χ0v) is 16.7. The van der Waals surface area contributed by atoms with Crippen molar-refractivity contribution in [3.8, 4) is 11.5 Å². The molecule has 0 bridgehead atoms. The van der Waals surface area contributed by atoms with Crippen molar-refractivity contribution in [1.29, 1.82) is 0 Å². The number of rotatable bonds is 2. The van der Waals surface area contributed by atoms with Gasteiger partial charge in [0.25, 0.3) is 0 Å². The van der Waals surface area contributed by atoms with Gasteiger partial charge < -0.3 is 20.9 Å². The summed E-state index contributed by atoms with van der Waals surface area (Å²) in [6.07, 6.45) is 0. The van der Waals surface area contributed by atoms with Crippen molar-refractivity contribution in [2.24, 2.45) is 0 Å². The second kappa shape index (κ2) is 8.42. The second-order valence-electron chi connectivity index (χ2n) is 6.21. The highest BCUT2D eigenvalue weighted by Crippen LogP contribution is 2.49. The lowest BCUT2D eigenvalue weighted by atomic mass is 9.80. The molecule has 4 rings (SSSR count). The van der Waals surface area contributed by atoms with Gasteiger partial charge in [-0.05, 0) is 23.8 Å². The number of esters is 1. The number of carbonyl (C=O) groups excluding carboxylic acids is 1. The molecule has 0 saturated carbocycles. The number of methoxy groups -OCH3 is 1. The first-order chi connectivity index (χ1) is 12.6. The minimum Gasteiger partial charge on any atom is -0.465 e. The van der Waals surface area contributed by atoms with Gasteiger partial charge >= 0.3 is 5.97 Å². The lowest BCUT2D eigenvalue weighted by molar-refractivity contribution is 0.0599. The van der Waals surface area contributed by atoms with Crippen LogP contribution in [0.15, 0.2) is 60.7 Å². The molecular weight excluding hydrogens is 399 g/mol. The van der Waals surface area contributed by atoms with Crippen LogP contribution in [-0.2, 0) is 4.74 Å². The molecule has 146 valence electrons. The zero-order valence-electron chi connectivity index (χ0n) is 15.0. The molecule has 0 unspecified atom stereocenters. The van der Waals surface area contributed by atoms with Crippen molar-refractivity contribution < 1.29 is 14.3 Å². The maximum atomic E-state index is 12.3. The molecule has 28 heavy (non-hydrogen) atoms. The van der Waals surface area contributed by atoms with Gasteiger partial charge in [-0.1, -0.05) is 30.3 Å². The van der Waals surface area contributed by atoms with Crippen LogP contribution in [0, 0.1) is 0 Å². The Morgan fingerprint density at radius 1 is 0.857 bits per heavy atom. The lowest BCUT2D eigenvalue weighted by Crippen LogP contribution is -2.16. The van der Waals surface area contributed by atoms with Gasteiger partial charge in [0, 0.05) is 40.6 Å². The Bertz CT molecular complexity index is 973. The Balaban J connectivity index is 0.00000140. The summed E-state index contributed by atoms with van der Waals surface area (Å²) in [5, 5.41) is 0. The van der Waals surface area contributed by atoms with E-state index in [9.17, 15) is 4.79 Å². The van der Waals surface area contributed by atoms with E-state index in [1.807, 2.05) is 42.5 Å². The van der Waals surface area contributed by atoms with Crippen molar-refractivity contribution in [2.75, 3.05) is 18.6 Å². The molecule has 4 N–H and O–H groups in total. The fourth-order valence-electron chi connectivity index (χ4n) is 3.42. The molecule has 1 heterocycles. The molecule has 5 nitrogen and oxygen atoms in total. The van der Waals surface area contributed by atoms with Crippen molar-refractivity contribution in [3.63, 3.8) is 0 Å². The first kappa shape index (κ1) is 21.4. The van der Waals surface area contributed by atoms with E-state index in [0.717, 1.165) is 16.7 Å². The Hall–Kier alpha value is -2.89. The number of hydrogen-bond acceptors (Lipinski definition) is 5. The van der Waals surface area contributed by atoms with Crippen LogP contribution >= 0.6 is 24.8 Å². The molecule has 0 aromatic heterocycles. The van der Waals surface area contributed by atoms with Gasteiger partial charge in [-0.3, -0.25) is 0 Å². The molecule has 0 atom stereocenters. The van der Waals surface area contributed by atoms with Gasteiger partial charge in [0.15, 0.2) is 0 Å². The van der Waals surface area contributed by atoms with Crippen LogP contribution in [0.25, 0.3) is 0 Å². The average Bonchev–Trinajstić information content (AvgIpc) is 2.65. The standard InChI is InChI=1S/C21H18N2O3.2ClH/c1-25-21(24)15-5-3-2-4-14(15)20-16-8-6-12(22)10-18(16)26-19-11-13(23)7-9-17(19)20;;/h2-11,20H,22-23H2,1H3;2*1H. The van der Waals surface area contributed by atoms with E-state index in [0.29, 0.717) is 28.4 Å². The number of benzene rings is 3. The highest BCUT2D eigenvalue weighted by Gasteiger charge is 2.31. The van der Waals surface area contributed by atoms with E-state index in [-0.39, 0.29) is 36.7 Å². The molecule has 3 aromatic carbocycles. The monoisotopic (exact) mass is 418 g/mol. The van der Waals surface area contributed by atoms with E-state index in [4.69, 9.17) is 20.9 Å². The average molecular weight is 419 g/mol. The van der Waals surface area contributed by atoms with Gasteiger partial charge in [0.05, 0.1) is 12.7 Å². The summed E-state index contributed by atoms with van der Waals surface area (Å²) in [5.41, 5.74) is 16.3. The van der Waals surface area contributed by atoms with Crippen LogP contribution in [0.1, 0.15) is 33.0 Å². The number of halogens is 2. The number of nitrogens with two attached hydrogens (primary N) is 2. The summed E-state index contributed by atoms with van der Waals surface area (Å²) in [6, 6.07) is 18.5. The maximum Gasteiger partial charge on any atom is 0.338 e. The molecule has 0 saturated heterocycles. The first-order valence-electron chi connectivity index (χ1n) is 8.22. The summed E-state index contributed by atoms with van der Waals surface area (Å²) in [7, 11) is 1.38.